The highest BCUT2D eigenvalue weighted by atomic mass is 32.2. The Labute approximate surface area is 211 Å². The number of hydrogen-bond acceptors (Lipinski definition) is 5. The number of methoxy groups -OCH3 is 2. The van der Waals surface area contributed by atoms with E-state index in [0.29, 0.717) is 30.8 Å². The number of ether oxygens (including phenoxy) is 2. The molecule has 0 aliphatic heterocycles. The van der Waals surface area contributed by atoms with E-state index in [2.05, 4.69) is 5.32 Å². The van der Waals surface area contributed by atoms with Gasteiger partial charge in [-0.05, 0) is 79.8 Å². The van der Waals surface area contributed by atoms with Crippen molar-refractivity contribution in [1.29, 1.82) is 0 Å². The molecule has 0 aromatic heterocycles. The lowest BCUT2D eigenvalue weighted by Gasteiger charge is -2.25. The van der Waals surface area contributed by atoms with Gasteiger partial charge in [0.25, 0.3) is 10.0 Å². The Morgan fingerprint density at radius 3 is 2.17 bits per heavy atom. The maximum absolute atomic E-state index is 13.7. The maximum atomic E-state index is 13.7. The molecule has 0 bridgehead atoms. The fourth-order valence-electron chi connectivity index (χ4n) is 3.87. The highest BCUT2D eigenvalue weighted by Crippen LogP contribution is 2.32. The highest BCUT2D eigenvalue weighted by molar-refractivity contribution is 7.92. The average Bonchev–Trinajstić information content (AvgIpc) is 2.85. The van der Waals surface area contributed by atoms with E-state index in [0.717, 1.165) is 21.0 Å². The Bertz CT molecular complexity index is 1290. The van der Waals surface area contributed by atoms with E-state index in [-0.39, 0.29) is 16.5 Å². The summed E-state index contributed by atoms with van der Waals surface area (Å²) in [4.78, 5) is 12.8. The predicted octanol–water partition coefficient (Wildman–Crippen LogP) is 4.40. The molecule has 0 heterocycles. The molecule has 7 nitrogen and oxygen atoms in total. The minimum Gasteiger partial charge on any atom is -0.493 e. The lowest BCUT2D eigenvalue weighted by molar-refractivity contribution is -0.119. The summed E-state index contributed by atoms with van der Waals surface area (Å²) in [7, 11) is -1.22. The first-order chi connectivity index (χ1) is 17.1. The summed E-state index contributed by atoms with van der Waals surface area (Å²) < 4.78 is 52.1. The van der Waals surface area contributed by atoms with Gasteiger partial charge in [0.2, 0.25) is 5.91 Å². The maximum Gasteiger partial charge on any atom is 0.264 e. The van der Waals surface area contributed by atoms with Crippen molar-refractivity contribution >= 4 is 21.6 Å². The smallest absolute Gasteiger partial charge is 0.264 e. The second kappa shape index (κ2) is 11.9. The third-order valence-corrected chi connectivity index (χ3v) is 7.37. The first-order valence-electron chi connectivity index (χ1n) is 11.5. The Balaban J connectivity index is 1.81. The zero-order valence-corrected chi connectivity index (χ0v) is 21.7. The molecule has 1 amide bonds. The number of benzene rings is 3. The van der Waals surface area contributed by atoms with Crippen LogP contribution in [0.4, 0.5) is 10.1 Å². The number of carbonyl (C=O) groups is 1. The minimum atomic E-state index is -4.12. The van der Waals surface area contributed by atoms with E-state index in [4.69, 9.17) is 9.47 Å². The summed E-state index contributed by atoms with van der Waals surface area (Å²) in [6.45, 7) is 3.70. The minimum absolute atomic E-state index is 0.0246. The van der Waals surface area contributed by atoms with E-state index >= 15 is 0 Å². The Morgan fingerprint density at radius 2 is 1.56 bits per heavy atom. The Kier molecular flexibility index (Phi) is 8.93. The molecule has 9 heteroatoms. The molecule has 0 unspecified atom stereocenters. The number of nitrogens with zero attached hydrogens (tertiary/aromatic N) is 1. The molecular formula is C27H31FN2O5S. The van der Waals surface area contributed by atoms with E-state index in [1.165, 1.54) is 44.6 Å². The van der Waals surface area contributed by atoms with Crippen LogP contribution < -0.4 is 19.1 Å². The van der Waals surface area contributed by atoms with Crippen LogP contribution in [-0.2, 0) is 21.2 Å². The van der Waals surface area contributed by atoms with E-state index in [1.807, 2.05) is 19.9 Å². The summed E-state index contributed by atoms with van der Waals surface area (Å²) in [6, 6.07) is 15.9. The number of amides is 1. The van der Waals surface area contributed by atoms with Crippen LogP contribution in [0.25, 0.3) is 0 Å². The monoisotopic (exact) mass is 514 g/mol. The molecule has 0 saturated carbocycles. The highest BCUT2D eigenvalue weighted by Gasteiger charge is 2.28. The topological polar surface area (TPSA) is 84.9 Å². The van der Waals surface area contributed by atoms with Gasteiger partial charge < -0.3 is 14.8 Å². The molecule has 0 radical (unpaired) electrons. The Morgan fingerprint density at radius 1 is 0.917 bits per heavy atom. The molecule has 36 heavy (non-hydrogen) atoms. The van der Waals surface area contributed by atoms with Gasteiger partial charge in [0.15, 0.2) is 11.5 Å². The molecule has 0 aliphatic carbocycles. The number of halogens is 1. The number of hydrogen-bond donors (Lipinski definition) is 1. The second-order valence-corrected chi connectivity index (χ2v) is 10.3. The lowest BCUT2D eigenvalue weighted by Crippen LogP contribution is -2.41. The van der Waals surface area contributed by atoms with Crippen LogP contribution in [0.5, 0.6) is 11.5 Å². The zero-order chi connectivity index (χ0) is 26.3. The van der Waals surface area contributed by atoms with E-state index in [1.54, 1.807) is 24.3 Å². The molecule has 0 aliphatic rings. The molecule has 3 rings (SSSR count). The van der Waals surface area contributed by atoms with Crippen LogP contribution in [0.1, 0.15) is 23.1 Å². The lowest BCUT2D eigenvalue weighted by atomic mass is 10.1. The number of aryl methyl sites for hydroxylation is 3. The van der Waals surface area contributed by atoms with Crippen molar-refractivity contribution in [2.75, 3.05) is 31.6 Å². The van der Waals surface area contributed by atoms with Crippen molar-refractivity contribution in [1.82, 2.24) is 5.32 Å². The summed E-state index contributed by atoms with van der Waals surface area (Å²) in [6.07, 6.45) is 1.29. The number of nitrogens with one attached hydrogen (secondary N) is 1. The van der Waals surface area contributed by atoms with Gasteiger partial charge >= 0.3 is 0 Å². The van der Waals surface area contributed by atoms with E-state index in [9.17, 15) is 17.6 Å². The van der Waals surface area contributed by atoms with Crippen LogP contribution in [-0.4, -0.2) is 41.6 Å². The van der Waals surface area contributed by atoms with Gasteiger partial charge in [-0.1, -0.05) is 18.2 Å². The summed E-state index contributed by atoms with van der Waals surface area (Å²) >= 11 is 0. The first-order valence-corrected chi connectivity index (χ1v) is 12.9. The number of sulfonamides is 1. The summed E-state index contributed by atoms with van der Waals surface area (Å²) in [5.74, 6) is -0.0657. The molecule has 3 aromatic carbocycles. The average molecular weight is 515 g/mol. The summed E-state index contributed by atoms with van der Waals surface area (Å²) in [5.41, 5.74) is 3.09. The van der Waals surface area contributed by atoms with Crippen LogP contribution in [0.3, 0.4) is 0 Å². The third kappa shape index (κ3) is 6.75. The van der Waals surface area contributed by atoms with Gasteiger partial charge in [0.05, 0.1) is 24.8 Å². The molecule has 1 N–H and O–H groups in total. The summed E-state index contributed by atoms with van der Waals surface area (Å²) in [5, 5.41) is 2.79. The molecule has 192 valence electrons. The standard InChI is InChI=1S/C27H31FN2O5S/c1-19-14-20(2)16-23(15-19)30(36(32,33)24-11-12-25(34-3)26(17-24)35-4)18-27(31)29-13-5-6-21-7-9-22(28)10-8-21/h7-12,14-17H,5-6,13,18H2,1-4H3,(H,29,31). The van der Waals surface area contributed by atoms with Crippen molar-refractivity contribution in [3.8, 4) is 11.5 Å². The fraction of sp³-hybridized carbons (Fsp3) is 0.296. The van der Waals surface area contributed by atoms with Gasteiger partial charge in [-0.15, -0.1) is 0 Å². The van der Waals surface area contributed by atoms with Gasteiger partial charge in [0.1, 0.15) is 12.4 Å². The van der Waals surface area contributed by atoms with Gasteiger partial charge in [0, 0.05) is 12.6 Å². The van der Waals surface area contributed by atoms with Crippen LogP contribution in [0.2, 0.25) is 0 Å². The number of carbonyl (C=O) groups excluding carboxylic acids is 1. The van der Waals surface area contributed by atoms with Crippen LogP contribution >= 0.6 is 0 Å². The molecule has 0 fully saturated rings. The predicted molar refractivity (Wildman–Crippen MR) is 138 cm³/mol. The fourth-order valence-corrected chi connectivity index (χ4v) is 5.29. The van der Waals surface area contributed by atoms with Gasteiger partial charge in [-0.3, -0.25) is 9.10 Å². The van der Waals surface area contributed by atoms with Gasteiger partial charge in [-0.2, -0.15) is 0 Å². The van der Waals surface area contributed by atoms with Crippen LogP contribution in [0, 0.1) is 19.7 Å². The third-order valence-electron chi connectivity index (χ3n) is 5.60. The molecular weight excluding hydrogens is 483 g/mol. The van der Waals surface area contributed by atoms with Crippen molar-refractivity contribution < 1.29 is 27.1 Å². The molecule has 0 saturated heterocycles. The SMILES string of the molecule is COc1ccc(S(=O)(=O)N(CC(=O)NCCCc2ccc(F)cc2)c2cc(C)cc(C)c2)cc1OC. The largest absolute Gasteiger partial charge is 0.493 e. The van der Waals surface area contributed by atoms with Crippen molar-refractivity contribution in [2.24, 2.45) is 0 Å². The molecule has 0 spiro atoms. The molecule has 0 atom stereocenters. The molecule has 3 aromatic rings. The second-order valence-electron chi connectivity index (χ2n) is 8.45. The zero-order valence-electron chi connectivity index (χ0n) is 20.9. The Hall–Kier alpha value is -3.59. The number of anilines is 1. The number of rotatable bonds is 11. The quantitative estimate of drug-likeness (QED) is 0.384. The van der Waals surface area contributed by atoms with Crippen molar-refractivity contribution in [3.63, 3.8) is 0 Å². The van der Waals surface area contributed by atoms with Crippen molar-refractivity contribution in [3.05, 3.63) is 83.2 Å². The first kappa shape index (κ1) is 27.0. The van der Waals surface area contributed by atoms with Crippen LogP contribution in [0.15, 0.2) is 65.6 Å². The van der Waals surface area contributed by atoms with Crippen molar-refractivity contribution in [2.45, 2.75) is 31.6 Å². The normalized spacial score (nSPS) is 11.1. The van der Waals surface area contributed by atoms with Gasteiger partial charge in [-0.25, -0.2) is 12.8 Å². The van der Waals surface area contributed by atoms with E-state index < -0.39 is 22.5 Å².